The lowest BCUT2D eigenvalue weighted by Gasteiger charge is -2.29. The molecule has 1 saturated heterocycles. The fourth-order valence-corrected chi connectivity index (χ4v) is 4.12. The summed E-state index contributed by atoms with van der Waals surface area (Å²) in [6.45, 7) is 2.69. The third-order valence-corrected chi connectivity index (χ3v) is 5.76. The largest absolute Gasteiger partial charge is 0.480 e. The van der Waals surface area contributed by atoms with Crippen LogP contribution in [-0.4, -0.2) is 49.5 Å². The number of nitrogens with zero attached hydrogens (tertiary/aromatic N) is 3. The number of benzene rings is 1. The minimum Gasteiger partial charge on any atom is -0.480 e. The number of ketones is 1. The molecule has 2 atom stereocenters. The molecule has 1 aliphatic rings. The van der Waals surface area contributed by atoms with Crippen molar-refractivity contribution in [3.05, 3.63) is 66.0 Å². The molecule has 2 aromatic rings. The standard InChI is InChI=1S/C25H31N3O4/c1-2-3-5-10-23(25(31)32)28-21(12-14-24(28)30)11-13-22(29)15-20-16-26-27(18-20)17-19-8-6-4-7-9-19/h4,6-9,11,13,16,18,21,23H,2-3,5,10,12,14-15,17H2,1H3,(H,31,32)/b13-11+/t21-,23?/m0/s1. The minimum atomic E-state index is -0.980. The highest BCUT2D eigenvalue weighted by molar-refractivity contribution is 5.92. The van der Waals surface area contributed by atoms with Crippen molar-refractivity contribution >= 4 is 17.7 Å². The lowest BCUT2D eigenvalue weighted by Crippen LogP contribution is -2.45. The number of rotatable bonds is 12. The van der Waals surface area contributed by atoms with Gasteiger partial charge in [0.25, 0.3) is 0 Å². The Balaban J connectivity index is 1.59. The molecule has 1 N–H and O–H groups in total. The molecule has 1 aromatic heterocycles. The number of allylic oxidation sites excluding steroid dienone is 1. The predicted octanol–water partition coefficient (Wildman–Crippen LogP) is 3.62. The first-order valence-electron chi connectivity index (χ1n) is 11.3. The molecular formula is C25H31N3O4. The fourth-order valence-electron chi connectivity index (χ4n) is 4.12. The van der Waals surface area contributed by atoms with Gasteiger partial charge in [0.2, 0.25) is 5.91 Å². The Bertz CT molecular complexity index is 951. The second kappa shape index (κ2) is 11.4. The van der Waals surface area contributed by atoms with Gasteiger partial charge in [0.05, 0.1) is 18.8 Å². The van der Waals surface area contributed by atoms with Crippen LogP contribution in [0, 0.1) is 0 Å². The van der Waals surface area contributed by atoms with Gasteiger partial charge in [-0.3, -0.25) is 14.3 Å². The fraction of sp³-hybridized carbons (Fsp3) is 0.440. The summed E-state index contributed by atoms with van der Waals surface area (Å²) in [5, 5.41) is 14.0. The van der Waals surface area contributed by atoms with E-state index in [9.17, 15) is 19.5 Å². The van der Waals surface area contributed by atoms with Crippen LogP contribution in [-0.2, 0) is 27.3 Å². The number of hydrogen-bond donors (Lipinski definition) is 1. The summed E-state index contributed by atoms with van der Waals surface area (Å²) < 4.78 is 1.80. The third kappa shape index (κ3) is 6.39. The molecule has 0 radical (unpaired) electrons. The summed E-state index contributed by atoms with van der Waals surface area (Å²) in [5.74, 6) is -1.23. The number of carboxylic acids is 1. The summed E-state index contributed by atoms with van der Waals surface area (Å²) >= 11 is 0. The van der Waals surface area contributed by atoms with Crippen molar-refractivity contribution in [1.29, 1.82) is 0 Å². The average molecular weight is 438 g/mol. The van der Waals surface area contributed by atoms with Crippen molar-refractivity contribution in [2.45, 2.75) is 70.5 Å². The lowest BCUT2D eigenvalue weighted by molar-refractivity contribution is -0.149. The molecule has 3 rings (SSSR count). The van der Waals surface area contributed by atoms with E-state index in [1.165, 1.54) is 11.0 Å². The van der Waals surface area contributed by atoms with E-state index < -0.39 is 12.0 Å². The van der Waals surface area contributed by atoms with Crippen LogP contribution in [0.25, 0.3) is 0 Å². The first-order chi connectivity index (χ1) is 15.5. The number of likely N-dealkylation sites (tertiary alicyclic amines) is 1. The molecule has 32 heavy (non-hydrogen) atoms. The van der Waals surface area contributed by atoms with E-state index in [2.05, 4.69) is 12.0 Å². The normalized spacial score (nSPS) is 17.2. The Morgan fingerprint density at radius 3 is 2.72 bits per heavy atom. The van der Waals surface area contributed by atoms with Gasteiger partial charge in [-0.15, -0.1) is 0 Å². The molecule has 1 aliphatic heterocycles. The van der Waals surface area contributed by atoms with Crippen LogP contribution < -0.4 is 0 Å². The molecule has 0 aliphatic carbocycles. The van der Waals surface area contributed by atoms with E-state index in [0.717, 1.165) is 30.4 Å². The Morgan fingerprint density at radius 2 is 2.00 bits per heavy atom. The topological polar surface area (TPSA) is 92.5 Å². The van der Waals surface area contributed by atoms with E-state index >= 15 is 0 Å². The van der Waals surface area contributed by atoms with Crippen molar-refractivity contribution in [1.82, 2.24) is 14.7 Å². The van der Waals surface area contributed by atoms with Gasteiger partial charge in [0.1, 0.15) is 6.04 Å². The second-order valence-electron chi connectivity index (χ2n) is 8.29. The number of carbonyl (C=O) groups excluding carboxylic acids is 2. The van der Waals surface area contributed by atoms with Crippen LogP contribution in [0.4, 0.5) is 0 Å². The molecule has 170 valence electrons. The van der Waals surface area contributed by atoms with Crippen molar-refractivity contribution in [3.8, 4) is 0 Å². The van der Waals surface area contributed by atoms with Crippen molar-refractivity contribution in [2.75, 3.05) is 0 Å². The lowest BCUT2D eigenvalue weighted by atomic mass is 10.0. The zero-order valence-corrected chi connectivity index (χ0v) is 18.5. The molecule has 7 heteroatoms. The molecule has 1 amide bonds. The van der Waals surface area contributed by atoms with Crippen LogP contribution in [0.1, 0.15) is 56.6 Å². The molecule has 2 heterocycles. The molecule has 0 bridgehead atoms. The van der Waals surface area contributed by atoms with Crippen LogP contribution in [0.5, 0.6) is 0 Å². The molecule has 1 unspecified atom stereocenters. The molecule has 0 saturated carbocycles. The van der Waals surface area contributed by atoms with Crippen molar-refractivity contribution in [2.24, 2.45) is 0 Å². The third-order valence-electron chi connectivity index (χ3n) is 5.76. The number of unbranched alkanes of at least 4 members (excludes halogenated alkanes) is 2. The molecule has 1 fully saturated rings. The van der Waals surface area contributed by atoms with Gasteiger partial charge in [-0.1, -0.05) is 62.6 Å². The summed E-state index contributed by atoms with van der Waals surface area (Å²) in [6, 6.07) is 8.78. The van der Waals surface area contributed by atoms with E-state index in [0.29, 0.717) is 25.8 Å². The first kappa shape index (κ1) is 23.4. The number of hydrogen-bond acceptors (Lipinski definition) is 4. The Hall–Kier alpha value is -3.22. The quantitative estimate of drug-likeness (QED) is 0.404. The summed E-state index contributed by atoms with van der Waals surface area (Å²) in [5.41, 5.74) is 1.95. The number of amides is 1. The highest BCUT2D eigenvalue weighted by Gasteiger charge is 2.38. The van der Waals surface area contributed by atoms with Gasteiger partial charge < -0.3 is 10.0 Å². The Labute approximate surface area is 188 Å². The smallest absolute Gasteiger partial charge is 0.326 e. The maximum absolute atomic E-state index is 12.5. The Morgan fingerprint density at radius 1 is 1.22 bits per heavy atom. The second-order valence-corrected chi connectivity index (χ2v) is 8.29. The van der Waals surface area contributed by atoms with E-state index in [4.69, 9.17) is 0 Å². The monoisotopic (exact) mass is 437 g/mol. The maximum atomic E-state index is 12.5. The maximum Gasteiger partial charge on any atom is 0.326 e. The Kier molecular flexibility index (Phi) is 8.36. The van der Waals surface area contributed by atoms with Gasteiger partial charge in [-0.25, -0.2) is 4.79 Å². The molecule has 1 aromatic carbocycles. The first-order valence-corrected chi connectivity index (χ1v) is 11.3. The van der Waals surface area contributed by atoms with Crippen LogP contribution in [0.15, 0.2) is 54.9 Å². The summed E-state index contributed by atoms with van der Waals surface area (Å²) in [7, 11) is 0. The number of aromatic nitrogens is 2. The van der Waals surface area contributed by atoms with E-state index in [1.54, 1.807) is 17.0 Å². The highest BCUT2D eigenvalue weighted by atomic mass is 16.4. The summed E-state index contributed by atoms with van der Waals surface area (Å²) in [6.07, 6.45) is 10.9. The molecule has 0 spiro atoms. The van der Waals surface area contributed by atoms with Gasteiger partial charge in [-0.2, -0.15) is 5.10 Å². The number of aliphatic carboxylic acids is 1. The zero-order chi connectivity index (χ0) is 22.9. The van der Waals surface area contributed by atoms with Crippen LogP contribution in [0.2, 0.25) is 0 Å². The van der Waals surface area contributed by atoms with Gasteiger partial charge in [-0.05, 0) is 30.0 Å². The van der Waals surface area contributed by atoms with Gasteiger partial charge in [0.15, 0.2) is 5.78 Å². The zero-order valence-electron chi connectivity index (χ0n) is 18.5. The highest BCUT2D eigenvalue weighted by Crippen LogP contribution is 2.25. The van der Waals surface area contributed by atoms with Crippen LogP contribution >= 0.6 is 0 Å². The number of carboxylic acid groups (broad SMARTS) is 1. The molecule has 7 nitrogen and oxygen atoms in total. The average Bonchev–Trinajstić information content (AvgIpc) is 3.36. The minimum absolute atomic E-state index is 0.0959. The van der Waals surface area contributed by atoms with Crippen molar-refractivity contribution < 1.29 is 19.5 Å². The molecular weight excluding hydrogens is 406 g/mol. The van der Waals surface area contributed by atoms with E-state index in [1.807, 2.05) is 36.5 Å². The van der Waals surface area contributed by atoms with E-state index in [-0.39, 0.29) is 24.2 Å². The van der Waals surface area contributed by atoms with Gasteiger partial charge >= 0.3 is 5.97 Å². The van der Waals surface area contributed by atoms with Gasteiger partial charge in [0, 0.05) is 19.0 Å². The SMILES string of the molecule is CCCCCC(C(=O)O)N1C(=O)CC[C@@H]1/C=C/C(=O)Cc1cnn(Cc2ccccc2)c1. The van der Waals surface area contributed by atoms with Crippen LogP contribution in [0.3, 0.4) is 0 Å². The number of carbonyl (C=O) groups is 3. The summed E-state index contributed by atoms with van der Waals surface area (Å²) in [4.78, 5) is 38.1. The van der Waals surface area contributed by atoms with Crippen molar-refractivity contribution in [3.63, 3.8) is 0 Å². The predicted molar refractivity (Wildman–Crippen MR) is 121 cm³/mol.